The van der Waals surface area contributed by atoms with Crippen LogP contribution in [0.4, 0.5) is 4.39 Å². The van der Waals surface area contributed by atoms with Gasteiger partial charge < -0.3 is 14.0 Å². The summed E-state index contributed by atoms with van der Waals surface area (Å²) in [7, 11) is 3.00. The van der Waals surface area contributed by atoms with Crippen molar-refractivity contribution in [3.05, 3.63) is 65.2 Å². The number of thiazole rings is 1. The number of nitrogens with zero attached hydrogens (tertiary/aromatic N) is 2. The van der Waals surface area contributed by atoms with Crippen LogP contribution in [0.1, 0.15) is 10.4 Å². The zero-order valence-corrected chi connectivity index (χ0v) is 15.2. The number of benzene rings is 2. The second kappa shape index (κ2) is 7.53. The van der Waals surface area contributed by atoms with E-state index in [2.05, 4.69) is 11.6 Å². The first-order valence-corrected chi connectivity index (χ1v) is 8.60. The van der Waals surface area contributed by atoms with Crippen molar-refractivity contribution >= 4 is 27.5 Å². The van der Waals surface area contributed by atoms with Gasteiger partial charge in [-0.05, 0) is 24.3 Å². The van der Waals surface area contributed by atoms with Gasteiger partial charge in [0.25, 0.3) is 5.91 Å². The fourth-order valence-corrected chi connectivity index (χ4v) is 3.65. The van der Waals surface area contributed by atoms with E-state index in [4.69, 9.17) is 9.47 Å². The van der Waals surface area contributed by atoms with E-state index in [9.17, 15) is 9.18 Å². The lowest BCUT2D eigenvalue weighted by molar-refractivity contribution is 0.0995. The highest BCUT2D eigenvalue weighted by Gasteiger charge is 2.15. The highest BCUT2D eigenvalue weighted by Crippen LogP contribution is 2.25. The summed E-state index contributed by atoms with van der Waals surface area (Å²) in [5, 5.41) is 0. The third kappa shape index (κ3) is 3.25. The molecule has 0 unspecified atom stereocenters. The number of hydrogen-bond acceptors (Lipinski definition) is 4. The molecule has 3 rings (SSSR count). The standard InChI is InChI=1S/C19H17FN2O3S/c1-4-10-22-17-14(20)6-5-7-16(17)26-19(22)21-18(23)13-9-8-12(24-2)11-15(13)25-3/h4-9,11H,1,10H2,2-3H3. The number of methoxy groups -OCH3 is 2. The summed E-state index contributed by atoms with van der Waals surface area (Å²) in [6, 6.07) is 9.67. The van der Waals surface area contributed by atoms with Crippen LogP contribution < -0.4 is 14.3 Å². The number of aromatic nitrogens is 1. The highest BCUT2D eigenvalue weighted by molar-refractivity contribution is 7.16. The minimum absolute atomic E-state index is 0.302. The number of para-hydroxylation sites is 1. The first kappa shape index (κ1) is 17.9. The average Bonchev–Trinajstić information content (AvgIpc) is 2.99. The molecule has 2 aromatic carbocycles. The predicted octanol–water partition coefficient (Wildman–Crippen LogP) is 3.79. The Morgan fingerprint density at radius 2 is 2.12 bits per heavy atom. The van der Waals surface area contributed by atoms with Crippen molar-refractivity contribution in [2.75, 3.05) is 14.2 Å². The van der Waals surface area contributed by atoms with Gasteiger partial charge in [0, 0.05) is 12.6 Å². The van der Waals surface area contributed by atoms with Crippen LogP contribution in [0, 0.1) is 5.82 Å². The molecule has 0 saturated heterocycles. The number of allylic oxidation sites excluding steroid dienone is 1. The Balaban J connectivity index is 2.16. The van der Waals surface area contributed by atoms with E-state index in [1.807, 2.05) is 0 Å². The Morgan fingerprint density at radius 3 is 2.81 bits per heavy atom. The molecular weight excluding hydrogens is 355 g/mol. The number of carbonyl (C=O) groups is 1. The van der Waals surface area contributed by atoms with E-state index < -0.39 is 5.91 Å². The maximum Gasteiger partial charge on any atom is 0.283 e. The van der Waals surface area contributed by atoms with Crippen LogP contribution in [0.5, 0.6) is 11.5 Å². The van der Waals surface area contributed by atoms with E-state index >= 15 is 0 Å². The summed E-state index contributed by atoms with van der Waals surface area (Å²) in [6.07, 6.45) is 1.63. The molecule has 0 fully saturated rings. The van der Waals surface area contributed by atoms with Gasteiger partial charge in [-0.25, -0.2) is 4.39 Å². The van der Waals surface area contributed by atoms with Crippen LogP contribution in [-0.2, 0) is 6.54 Å². The molecule has 0 bridgehead atoms. The van der Waals surface area contributed by atoms with Gasteiger partial charge >= 0.3 is 0 Å². The smallest absolute Gasteiger partial charge is 0.283 e. The number of rotatable bonds is 5. The van der Waals surface area contributed by atoms with Crippen molar-refractivity contribution in [3.63, 3.8) is 0 Å². The van der Waals surface area contributed by atoms with Crippen molar-refractivity contribution in [2.24, 2.45) is 4.99 Å². The Bertz CT molecular complexity index is 1050. The largest absolute Gasteiger partial charge is 0.497 e. The van der Waals surface area contributed by atoms with Crippen molar-refractivity contribution in [3.8, 4) is 11.5 Å². The lowest BCUT2D eigenvalue weighted by atomic mass is 10.2. The van der Waals surface area contributed by atoms with Gasteiger partial charge in [0.15, 0.2) is 4.80 Å². The maximum atomic E-state index is 14.2. The monoisotopic (exact) mass is 372 g/mol. The molecule has 134 valence electrons. The minimum atomic E-state index is -0.478. The molecule has 0 aliphatic carbocycles. The van der Waals surface area contributed by atoms with Crippen LogP contribution in [0.25, 0.3) is 10.2 Å². The quantitative estimate of drug-likeness (QED) is 0.641. The molecule has 7 heteroatoms. The summed E-state index contributed by atoms with van der Waals surface area (Å²) >= 11 is 1.24. The lowest BCUT2D eigenvalue weighted by Gasteiger charge is -2.07. The summed E-state index contributed by atoms with van der Waals surface area (Å²) in [4.78, 5) is 17.3. The molecule has 1 amide bonds. The van der Waals surface area contributed by atoms with Gasteiger partial charge in [-0.15, -0.1) is 6.58 Å². The number of fused-ring (bicyclic) bond motifs is 1. The molecule has 1 heterocycles. The number of amides is 1. The Morgan fingerprint density at radius 1 is 1.31 bits per heavy atom. The molecule has 0 N–H and O–H groups in total. The second-order valence-corrected chi connectivity index (χ2v) is 6.36. The molecular formula is C19H17FN2O3S. The van der Waals surface area contributed by atoms with Crippen LogP contribution in [0.2, 0.25) is 0 Å². The van der Waals surface area contributed by atoms with Gasteiger partial charge in [0.2, 0.25) is 0 Å². The molecule has 5 nitrogen and oxygen atoms in total. The van der Waals surface area contributed by atoms with Gasteiger partial charge in [-0.3, -0.25) is 4.79 Å². The first-order chi connectivity index (χ1) is 12.6. The topological polar surface area (TPSA) is 52.8 Å². The van der Waals surface area contributed by atoms with Gasteiger partial charge in [-0.2, -0.15) is 4.99 Å². The van der Waals surface area contributed by atoms with E-state index in [0.717, 1.165) is 0 Å². The molecule has 0 aliphatic heterocycles. The zero-order valence-electron chi connectivity index (χ0n) is 14.4. The summed E-state index contributed by atoms with van der Waals surface area (Å²) in [6.45, 7) is 4.04. The third-order valence-corrected chi connectivity index (χ3v) is 4.84. The van der Waals surface area contributed by atoms with Crippen LogP contribution in [-0.4, -0.2) is 24.7 Å². The molecule has 3 aromatic rings. The first-order valence-electron chi connectivity index (χ1n) is 7.79. The van der Waals surface area contributed by atoms with Crippen molar-refractivity contribution in [2.45, 2.75) is 6.54 Å². The van der Waals surface area contributed by atoms with E-state index in [-0.39, 0.29) is 5.82 Å². The Kier molecular flexibility index (Phi) is 5.18. The number of hydrogen-bond donors (Lipinski definition) is 0. The second-order valence-electron chi connectivity index (χ2n) is 5.35. The van der Waals surface area contributed by atoms with Gasteiger partial charge in [0.1, 0.15) is 17.3 Å². The van der Waals surface area contributed by atoms with Gasteiger partial charge in [0.05, 0.1) is 30.0 Å². The van der Waals surface area contributed by atoms with E-state index in [1.165, 1.54) is 31.6 Å². The molecule has 26 heavy (non-hydrogen) atoms. The highest BCUT2D eigenvalue weighted by atomic mass is 32.1. The third-order valence-electron chi connectivity index (χ3n) is 3.80. The fraction of sp³-hybridized carbons (Fsp3) is 0.158. The number of halogens is 1. The van der Waals surface area contributed by atoms with Crippen molar-refractivity contribution < 1.29 is 18.7 Å². The molecule has 0 spiro atoms. The van der Waals surface area contributed by atoms with E-state index in [0.29, 0.717) is 38.6 Å². The van der Waals surface area contributed by atoms with Crippen LogP contribution in [0.3, 0.4) is 0 Å². The lowest BCUT2D eigenvalue weighted by Crippen LogP contribution is -2.17. The molecule has 1 aromatic heterocycles. The molecule has 0 aliphatic rings. The normalized spacial score (nSPS) is 11.6. The Hall–Kier alpha value is -2.93. The Labute approximate surface area is 153 Å². The molecule has 0 saturated carbocycles. The SMILES string of the molecule is C=CCn1c(=NC(=O)c2ccc(OC)cc2OC)sc2cccc(F)c21. The number of ether oxygens (including phenoxy) is 2. The fourth-order valence-electron chi connectivity index (χ4n) is 2.59. The summed E-state index contributed by atoms with van der Waals surface area (Å²) < 4.78 is 27.0. The molecule has 0 atom stereocenters. The zero-order chi connectivity index (χ0) is 18.7. The van der Waals surface area contributed by atoms with Crippen molar-refractivity contribution in [1.29, 1.82) is 0 Å². The van der Waals surface area contributed by atoms with Gasteiger partial charge in [-0.1, -0.05) is 23.5 Å². The summed E-state index contributed by atoms with van der Waals surface area (Å²) in [5.41, 5.74) is 0.710. The molecule has 0 radical (unpaired) electrons. The summed E-state index contributed by atoms with van der Waals surface area (Å²) in [5.74, 6) is 0.0931. The predicted molar refractivity (Wildman–Crippen MR) is 99.4 cm³/mol. The van der Waals surface area contributed by atoms with Crippen molar-refractivity contribution in [1.82, 2.24) is 4.57 Å². The van der Waals surface area contributed by atoms with Crippen LogP contribution in [0.15, 0.2) is 54.0 Å². The maximum absolute atomic E-state index is 14.2. The average molecular weight is 372 g/mol. The number of carbonyl (C=O) groups excluding carboxylic acids is 1. The van der Waals surface area contributed by atoms with Crippen LogP contribution >= 0.6 is 11.3 Å². The van der Waals surface area contributed by atoms with E-state index in [1.54, 1.807) is 41.0 Å². The minimum Gasteiger partial charge on any atom is -0.497 e.